The molecule has 2 N–H and O–H groups in total. The first-order valence-electron chi connectivity index (χ1n) is 6.73. The molecular weight excluding hydrogens is 240 g/mol. The zero-order valence-electron chi connectivity index (χ0n) is 11.3. The summed E-state index contributed by atoms with van der Waals surface area (Å²) in [6.07, 6.45) is 6.38. The Labute approximate surface area is 115 Å². The first kappa shape index (κ1) is 13.3. The number of hydrogen-bond acceptors (Lipinski definition) is 1. The Kier molecular flexibility index (Phi) is 4.23. The summed E-state index contributed by atoms with van der Waals surface area (Å²) in [6, 6.07) is 8.29. The molecule has 0 aliphatic heterocycles. The van der Waals surface area contributed by atoms with E-state index in [0.717, 1.165) is 10.8 Å². The molecule has 2 rings (SSSR count). The van der Waals surface area contributed by atoms with Gasteiger partial charge in [0.25, 0.3) is 0 Å². The average Bonchev–Trinajstić information content (AvgIpc) is 2.28. The SMILES string of the molecule is Cc1cccc(NC(=S)NC2(C)CCCCC2)c1. The normalized spacial score (nSPS) is 18.1. The molecule has 1 aliphatic carbocycles. The van der Waals surface area contributed by atoms with Gasteiger partial charge in [0.2, 0.25) is 0 Å². The molecule has 1 aliphatic rings. The van der Waals surface area contributed by atoms with Crippen LogP contribution in [0.15, 0.2) is 24.3 Å². The Hall–Kier alpha value is -1.09. The highest BCUT2D eigenvalue weighted by atomic mass is 32.1. The molecule has 1 fully saturated rings. The third kappa shape index (κ3) is 3.70. The lowest BCUT2D eigenvalue weighted by Crippen LogP contribution is -2.48. The van der Waals surface area contributed by atoms with Crippen molar-refractivity contribution < 1.29 is 0 Å². The number of aryl methyl sites for hydroxylation is 1. The van der Waals surface area contributed by atoms with E-state index in [0.29, 0.717) is 0 Å². The third-order valence-electron chi connectivity index (χ3n) is 3.65. The summed E-state index contributed by atoms with van der Waals surface area (Å²) < 4.78 is 0. The average molecular weight is 262 g/mol. The van der Waals surface area contributed by atoms with Gasteiger partial charge >= 0.3 is 0 Å². The fourth-order valence-corrected chi connectivity index (χ4v) is 2.98. The third-order valence-corrected chi connectivity index (χ3v) is 3.85. The second-order valence-electron chi connectivity index (χ2n) is 5.57. The van der Waals surface area contributed by atoms with Gasteiger partial charge in [-0.05, 0) is 56.6 Å². The number of benzene rings is 1. The van der Waals surface area contributed by atoms with Gasteiger partial charge < -0.3 is 10.6 Å². The second-order valence-corrected chi connectivity index (χ2v) is 5.98. The number of nitrogens with one attached hydrogen (secondary N) is 2. The van der Waals surface area contributed by atoms with Gasteiger partial charge in [-0.3, -0.25) is 0 Å². The molecule has 0 bridgehead atoms. The van der Waals surface area contributed by atoms with Crippen molar-refractivity contribution in [3.63, 3.8) is 0 Å². The highest BCUT2D eigenvalue weighted by molar-refractivity contribution is 7.80. The van der Waals surface area contributed by atoms with E-state index < -0.39 is 0 Å². The smallest absolute Gasteiger partial charge is 0.171 e. The molecule has 1 aromatic rings. The highest BCUT2D eigenvalue weighted by Crippen LogP contribution is 2.27. The minimum absolute atomic E-state index is 0.173. The Morgan fingerprint density at radius 3 is 2.61 bits per heavy atom. The molecule has 0 unspecified atom stereocenters. The topological polar surface area (TPSA) is 24.1 Å². The summed E-state index contributed by atoms with van der Waals surface area (Å²) in [4.78, 5) is 0. The predicted molar refractivity (Wildman–Crippen MR) is 82.0 cm³/mol. The van der Waals surface area contributed by atoms with Crippen LogP contribution < -0.4 is 10.6 Å². The zero-order valence-corrected chi connectivity index (χ0v) is 12.1. The molecule has 1 aromatic carbocycles. The van der Waals surface area contributed by atoms with E-state index >= 15 is 0 Å². The van der Waals surface area contributed by atoms with Crippen LogP contribution in [0.5, 0.6) is 0 Å². The van der Waals surface area contributed by atoms with Crippen molar-refractivity contribution in [2.75, 3.05) is 5.32 Å². The largest absolute Gasteiger partial charge is 0.357 e. The minimum atomic E-state index is 0.173. The summed E-state index contributed by atoms with van der Waals surface area (Å²) in [7, 11) is 0. The number of thiocarbonyl (C=S) groups is 1. The van der Waals surface area contributed by atoms with Gasteiger partial charge in [-0.1, -0.05) is 31.4 Å². The van der Waals surface area contributed by atoms with E-state index in [1.807, 2.05) is 12.1 Å². The zero-order chi connectivity index (χ0) is 13.0. The van der Waals surface area contributed by atoms with E-state index in [2.05, 4.69) is 36.6 Å². The van der Waals surface area contributed by atoms with Crippen molar-refractivity contribution in [3.8, 4) is 0 Å². The molecule has 3 heteroatoms. The highest BCUT2D eigenvalue weighted by Gasteiger charge is 2.27. The van der Waals surface area contributed by atoms with Gasteiger partial charge in [0.05, 0.1) is 0 Å². The molecular formula is C15H22N2S. The molecule has 0 radical (unpaired) electrons. The molecule has 2 nitrogen and oxygen atoms in total. The van der Waals surface area contributed by atoms with E-state index in [9.17, 15) is 0 Å². The molecule has 0 saturated heterocycles. The lowest BCUT2D eigenvalue weighted by Gasteiger charge is -2.35. The number of anilines is 1. The van der Waals surface area contributed by atoms with Crippen LogP contribution in [0.3, 0.4) is 0 Å². The quantitative estimate of drug-likeness (QED) is 0.788. The van der Waals surface area contributed by atoms with Crippen LogP contribution in [0.4, 0.5) is 5.69 Å². The molecule has 0 atom stereocenters. The Morgan fingerprint density at radius 2 is 1.94 bits per heavy atom. The van der Waals surface area contributed by atoms with Crippen LogP contribution >= 0.6 is 12.2 Å². The van der Waals surface area contributed by atoms with Crippen molar-refractivity contribution in [1.82, 2.24) is 5.32 Å². The summed E-state index contributed by atoms with van der Waals surface area (Å²) in [5.41, 5.74) is 2.48. The molecule has 98 valence electrons. The lowest BCUT2D eigenvalue weighted by atomic mass is 9.83. The Bertz CT molecular complexity index is 422. The first-order valence-corrected chi connectivity index (χ1v) is 7.14. The molecule has 1 saturated carbocycles. The molecule has 0 spiro atoms. The summed E-state index contributed by atoms with van der Waals surface area (Å²) in [5, 5.41) is 7.50. The number of rotatable bonds is 2. The van der Waals surface area contributed by atoms with Gasteiger partial charge in [-0.15, -0.1) is 0 Å². The van der Waals surface area contributed by atoms with Crippen LogP contribution in [0, 0.1) is 6.92 Å². The van der Waals surface area contributed by atoms with Crippen LogP contribution in [0.2, 0.25) is 0 Å². The molecule has 0 heterocycles. The fraction of sp³-hybridized carbons (Fsp3) is 0.533. The summed E-state index contributed by atoms with van der Waals surface area (Å²) in [5.74, 6) is 0. The minimum Gasteiger partial charge on any atom is -0.357 e. The maximum Gasteiger partial charge on any atom is 0.171 e. The van der Waals surface area contributed by atoms with Gasteiger partial charge in [0.15, 0.2) is 5.11 Å². The van der Waals surface area contributed by atoms with Gasteiger partial charge in [0, 0.05) is 11.2 Å². The first-order chi connectivity index (χ1) is 8.57. The van der Waals surface area contributed by atoms with Crippen molar-refractivity contribution in [1.29, 1.82) is 0 Å². The second kappa shape index (κ2) is 5.70. The standard InChI is InChI=1S/C15H22N2S/c1-12-7-6-8-13(11-12)16-14(18)17-15(2)9-4-3-5-10-15/h6-8,11H,3-5,9-10H2,1-2H3,(H2,16,17,18). The van der Waals surface area contributed by atoms with E-state index in [-0.39, 0.29) is 5.54 Å². The van der Waals surface area contributed by atoms with Crippen molar-refractivity contribution in [3.05, 3.63) is 29.8 Å². The van der Waals surface area contributed by atoms with E-state index in [4.69, 9.17) is 12.2 Å². The van der Waals surface area contributed by atoms with Crippen molar-refractivity contribution >= 4 is 23.0 Å². The van der Waals surface area contributed by atoms with Crippen molar-refractivity contribution in [2.24, 2.45) is 0 Å². The maximum absolute atomic E-state index is 5.41. The van der Waals surface area contributed by atoms with E-state index in [1.165, 1.54) is 37.7 Å². The van der Waals surface area contributed by atoms with Crippen LogP contribution in [0.25, 0.3) is 0 Å². The molecule has 0 amide bonds. The van der Waals surface area contributed by atoms with Crippen LogP contribution in [-0.2, 0) is 0 Å². The van der Waals surface area contributed by atoms with Crippen LogP contribution in [0.1, 0.15) is 44.6 Å². The Balaban J connectivity index is 1.92. The number of hydrogen-bond donors (Lipinski definition) is 2. The lowest BCUT2D eigenvalue weighted by molar-refractivity contribution is 0.292. The molecule has 0 aromatic heterocycles. The van der Waals surface area contributed by atoms with Gasteiger partial charge in [-0.2, -0.15) is 0 Å². The van der Waals surface area contributed by atoms with Crippen LogP contribution in [-0.4, -0.2) is 10.7 Å². The molecule has 18 heavy (non-hydrogen) atoms. The fourth-order valence-electron chi connectivity index (χ4n) is 2.62. The predicted octanol–water partition coefficient (Wildman–Crippen LogP) is 4.00. The summed E-state index contributed by atoms with van der Waals surface area (Å²) >= 11 is 5.41. The Morgan fingerprint density at radius 1 is 1.22 bits per heavy atom. The maximum atomic E-state index is 5.41. The monoisotopic (exact) mass is 262 g/mol. The summed E-state index contributed by atoms with van der Waals surface area (Å²) in [6.45, 7) is 4.36. The van der Waals surface area contributed by atoms with Gasteiger partial charge in [-0.25, -0.2) is 0 Å². The van der Waals surface area contributed by atoms with Gasteiger partial charge in [0.1, 0.15) is 0 Å². The van der Waals surface area contributed by atoms with E-state index in [1.54, 1.807) is 0 Å². The van der Waals surface area contributed by atoms with Crippen molar-refractivity contribution in [2.45, 2.75) is 51.5 Å².